The lowest BCUT2D eigenvalue weighted by Gasteiger charge is -1.97. The van der Waals surface area contributed by atoms with E-state index in [4.69, 9.17) is 8.83 Å². The summed E-state index contributed by atoms with van der Waals surface area (Å²) in [5.74, 6) is 2.51. The fourth-order valence-corrected chi connectivity index (χ4v) is 1.76. The number of likely N-dealkylation sites (N-methyl/N-ethyl adjacent to an activating group) is 1. The van der Waals surface area contributed by atoms with E-state index in [0.29, 0.717) is 0 Å². The summed E-state index contributed by atoms with van der Waals surface area (Å²) in [6.45, 7) is 6.00. The molecule has 0 bridgehead atoms. The zero-order valence-electron chi connectivity index (χ0n) is 10.3. The van der Waals surface area contributed by atoms with E-state index in [1.165, 1.54) is 0 Å². The van der Waals surface area contributed by atoms with Gasteiger partial charge in [0.1, 0.15) is 5.76 Å². The summed E-state index contributed by atoms with van der Waals surface area (Å²) in [6.07, 6.45) is 5.13. The van der Waals surface area contributed by atoms with E-state index < -0.39 is 0 Å². The number of nitrogens with one attached hydrogen (secondary N) is 1. The molecule has 4 nitrogen and oxygen atoms in total. The number of hydrogen-bond donors (Lipinski definition) is 1. The van der Waals surface area contributed by atoms with Crippen molar-refractivity contribution in [1.29, 1.82) is 0 Å². The Morgan fingerprint density at radius 2 is 2.24 bits per heavy atom. The summed E-state index contributed by atoms with van der Waals surface area (Å²) in [4.78, 5) is 4.27. The van der Waals surface area contributed by atoms with Gasteiger partial charge in [0.05, 0.1) is 18.0 Å². The molecule has 0 fully saturated rings. The Bertz CT molecular complexity index is 459. The standard InChI is InChI=1S/C13H18N2O2/c1-3-11-10(6-8-16-11)12-9-15-13(17-12)5-7-14-4-2/h6,8-9,14H,3-5,7H2,1-2H3. The van der Waals surface area contributed by atoms with E-state index in [9.17, 15) is 0 Å². The maximum Gasteiger partial charge on any atom is 0.196 e. The summed E-state index contributed by atoms with van der Waals surface area (Å²) >= 11 is 0. The molecule has 2 aromatic rings. The summed E-state index contributed by atoms with van der Waals surface area (Å²) < 4.78 is 11.1. The van der Waals surface area contributed by atoms with Crippen LogP contribution in [0.25, 0.3) is 11.3 Å². The van der Waals surface area contributed by atoms with Crippen molar-refractivity contribution < 1.29 is 8.83 Å². The average Bonchev–Trinajstić information content (AvgIpc) is 2.96. The van der Waals surface area contributed by atoms with Gasteiger partial charge in [-0.15, -0.1) is 0 Å². The quantitative estimate of drug-likeness (QED) is 0.781. The third-order valence-corrected chi connectivity index (χ3v) is 2.65. The maximum absolute atomic E-state index is 5.71. The summed E-state index contributed by atoms with van der Waals surface area (Å²) in [6, 6.07) is 1.92. The molecule has 2 heterocycles. The molecule has 2 aromatic heterocycles. The van der Waals surface area contributed by atoms with Crippen molar-refractivity contribution in [2.75, 3.05) is 13.1 Å². The Balaban J connectivity index is 2.07. The van der Waals surface area contributed by atoms with Crippen molar-refractivity contribution in [3.05, 3.63) is 30.2 Å². The Labute approximate surface area is 101 Å². The van der Waals surface area contributed by atoms with Crippen LogP contribution in [0.4, 0.5) is 0 Å². The first kappa shape index (κ1) is 11.9. The van der Waals surface area contributed by atoms with Gasteiger partial charge in [-0.1, -0.05) is 13.8 Å². The Morgan fingerprint density at radius 1 is 1.35 bits per heavy atom. The number of oxazole rings is 1. The predicted molar refractivity (Wildman–Crippen MR) is 65.8 cm³/mol. The lowest BCUT2D eigenvalue weighted by Crippen LogP contribution is -2.16. The van der Waals surface area contributed by atoms with Crippen LogP contribution in [0.15, 0.2) is 27.4 Å². The molecule has 0 aliphatic heterocycles. The highest BCUT2D eigenvalue weighted by molar-refractivity contribution is 5.58. The monoisotopic (exact) mass is 234 g/mol. The summed E-state index contributed by atoms with van der Waals surface area (Å²) in [7, 11) is 0. The van der Waals surface area contributed by atoms with E-state index in [0.717, 1.165) is 48.9 Å². The van der Waals surface area contributed by atoms with E-state index in [2.05, 4.69) is 24.1 Å². The Kier molecular flexibility index (Phi) is 3.98. The smallest absolute Gasteiger partial charge is 0.196 e. The van der Waals surface area contributed by atoms with Crippen LogP contribution in [-0.4, -0.2) is 18.1 Å². The Morgan fingerprint density at radius 3 is 3.00 bits per heavy atom. The molecule has 2 rings (SSSR count). The minimum absolute atomic E-state index is 0.768. The minimum atomic E-state index is 0.768. The second-order valence-corrected chi connectivity index (χ2v) is 3.83. The normalized spacial score (nSPS) is 10.9. The van der Waals surface area contributed by atoms with Crippen LogP contribution in [0, 0.1) is 0 Å². The number of aromatic nitrogens is 1. The highest BCUT2D eigenvalue weighted by atomic mass is 16.4. The molecule has 0 radical (unpaired) electrons. The van der Waals surface area contributed by atoms with E-state index in [-0.39, 0.29) is 0 Å². The fraction of sp³-hybridized carbons (Fsp3) is 0.462. The first-order chi connectivity index (χ1) is 8.35. The SMILES string of the molecule is CCNCCc1ncc(-c2ccoc2CC)o1. The van der Waals surface area contributed by atoms with Crippen molar-refractivity contribution in [1.82, 2.24) is 10.3 Å². The van der Waals surface area contributed by atoms with E-state index in [1.54, 1.807) is 12.5 Å². The van der Waals surface area contributed by atoms with Gasteiger partial charge < -0.3 is 14.2 Å². The molecule has 17 heavy (non-hydrogen) atoms. The van der Waals surface area contributed by atoms with E-state index >= 15 is 0 Å². The minimum Gasteiger partial charge on any atom is -0.469 e. The zero-order chi connectivity index (χ0) is 12.1. The molecular formula is C13H18N2O2. The van der Waals surface area contributed by atoms with Crippen LogP contribution in [0.2, 0.25) is 0 Å². The number of furan rings is 1. The van der Waals surface area contributed by atoms with Gasteiger partial charge in [-0.3, -0.25) is 0 Å². The van der Waals surface area contributed by atoms with Gasteiger partial charge >= 0.3 is 0 Å². The third kappa shape index (κ3) is 2.77. The molecule has 0 aliphatic carbocycles. The molecule has 0 unspecified atom stereocenters. The predicted octanol–water partition coefficient (Wildman–Crippen LogP) is 2.65. The largest absolute Gasteiger partial charge is 0.469 e. The van der Waals surface area contributed by atoms with Gasteiger partial charge in [0.25, 0.3) is 0 Å². The molecule has 0 saturated heterocycles. The molecule has 0 atom stereocenters. The third-order valence-electron chi connectivity index (χ3n) is 2.65. The lowest BCUT2D eigenvalue weighted by atomic mass is 10.2. The maximum atomic E-state index is 5.71. The average molecular weight is 234 g/mol. The Hall–Kier alpha value is -1.55. The van der Waals surface area contributed by atoms with Crippen molar-refractivity contribution in [3.8, 4) is 11.3 Å². The fourth-order valence-electron chi connectivity index (χ4n) is 1.76. The molecule has 0 aromatic carbocycles. The molecule has 0 spiro atoms. The van der Waals surface area contributed by atoms with Crippen LogP contribution >= 0.6 is 0 Å². The van der Waals surface area contributed by atoms with Gasteiger partial charge in [0.2, 0.25) is 0 Å². The number of rotatable bonds is 6. The molecule has 0 amide bonds. The van der Waals surface area contributed by atoms with Crippen molar-refractivity contribution in [2.45, 2.75) is 26.7 Å². The van der Waals surface area contributed by atoms with Crippen LogP contribution < -0.4 is 5.32 Å². The molecule has 0 aliphatic rings. The van der Waals surface area contributed by atoms with Gasteiger partial charge in [0, 0.05) is 19.4 Å². The van der Waals surface area contributed by atoms with Crippen LogP contribution in [-0.2, 0) is 12.8 Å². The van der Waals surface area contributed by atoms with Crippen molar-refractivity contribution >= 4 is 0 Å². The van der Waals surface area contributed by atoms with Gasteiger partial charge in [-0.2, -0.15) is 0 Å². The second kappa shape index (κ2) is 5.68. The topological polar surface area (TPSA) is 51.2 Å². The zero-order valence-corrected chi connectivity index (χ0v) is 10.3. The second-order valence-electron chi connectivity index (χ2n) is 3.83. The van der Waals surface area contributed by atoms with Crippen LogP contribution in [0.3, 0.4) is 0 Å². The first-order valence-corrected chi connectivity index (χ1v) is 6.07. The molecule has 1 N–H and O–H groups in total. The van der Waals surface area contributed by atoms with Gasteiger partial charge in [-0.05, 0) is 12.6 Å². The highest BCUT2D eigenvalue weighted by Gasteiger charge is 2.12. The molecule has 92 valence electrons. The first-order valence-electron chi connectivity index (χ1n) is 6.07. The lowest BCUT2D eigenvalue weighted by molar-refractivity contribution is 0.490. The van der Waals surface area contributed by atoms with Gasteiger partial charge in [-0.25, -0.2) is 4.98 Å². The number of aryl methyl sites for hydroxylation is 1. The molecule has 0 saturated carbocycles. The van der Waals surface area contributed by atoms with Crippen molar-refractivity contribution in [2.24, 2.45) is 0 Å². The van der Waals surface area contributed by atoms with Crippen LogP contribution in [0.1, 0.15) is 25.5 Å². The number of hydrogen-bond acceptors (Lipinski definition) is 4. The van der Waals surface area contributed by atoms with Crippen molar-refractivity contribution in [3.63, 3.8) is 0 Å². The molecular weight excluding hydrogens is 216 g/mol. The summed E-state index contributed by atoms with van der Waals surface area (Å²) in [5.41, 5.74) is 1.01. The van der Waals surface area contributed by atoms with Gasteiger partial charge in [0.15, 0.2) is 11.7 Å². The molecule has 4 heteroatoms. The van der Waals surface area contributed by atoms with Crippen LogP contribution in [0.5, 0.6) is 0 Å². The number of nitrogens with zero attached hydrogens (tertiary/aromatic N) is 1. The summed E-state index contributed by atoms with van der Waals surface area (Å²) in [5, 5.41) is 3.24. The highest BCUT2D eigenvalue weighted by Crippen LogP contribution is 2.25. The van der Waals surface area contributed by atoms with E-state index in [1.807, 2.05) is 6.07 Å².